The van der Waals surface area contributed by atoms with Crippen LogP contribution in [0.2, 0.25) is 0 Å². The molecule has 4 nitrogen and oxygen atoms in total. The van der Waals surface area contributed by atoms with E-state index in [-0.39, 0.29) is 11.7 Å². The largest absolute Gasteiger partial charge is 0.334 e. The van der Waals surface area contributed by atoms with E-state index in [0.29, 0.717) is 30.7 Å². The van der Waals surface area contributed by atoms with E-state index in [1.54, 1.807) is 4.90 Å². The first-order chi connectivity index (χ1) is 13.8. The fraction of sp³-hybridized carbons (Fsp3) is 0.280. The number of carbonyl (C=O) groups is 2. The molecule has 0 bridgehead atoms. The Morgan fingerprint density at radius 3 is 1.72 bits per heavy atom. The second kappa shape index (κ2) is 9.01. The number of hydrogen-bond donors (Lipinski definition) is 0. The molecule has 0 unspecified atom stereocenters. The fourth-order valence-electron chi connectivity index (χ4n) is 3.31. The molecule has 0 N–H and O–H groups in total. The zero-order valence-corrected chi connectivity index (χ0v) is 17.5. The molecular weight excluding hydrogens is 360 g/mol. The molecule has 3 rings (SSSR count). The summed E-state index contributed by atoms with van der Waals surface area (Å²) >= 11 is 0. The Balaban J connectivity index is 1.90. The Hall–Kier alpha value is -2.98. The lowest BCUT2D eigenvalue weighted by Crippen LogP contribution is -2.44. The summed E-state index contributed by atoms with van der Waals surface area (Å²) in [7, 11) is 6.23. The lowest BCUT2D eigenvalue weighted by molar-refractivity contribution is -0.869. The fourth-order valence-corrected chi connectivity index (χ4v) is 3.31. The predicted molar refractivity (Wildman–Crippen MR) is 118 cm³/mol. The van der Waals surface area contributed by atoms with E-state index in [0.717, 1.165) is 22.2 Å². The van der Waals surface area contributed by atoms with Crippen molar-refractivity contribution in [3.05, 3.63) is 82.9 Å². The first kappa shape index (κ1) is 20.7. The van der Waals surface area contributed by atoms with Gasteiger partial charge >= 0.3 is 0 Å². The highest BCUT2D eigenvalue weighted by Crippen LogP contribution is 2.23. The van der Waals surface area contributed by atoms with E-state index in [4.69, 9.17) is 0 Å². The summed E-state index contributed by atoms with van der Waals surface area (Å²) in [6.45, 7) is 1.48. The van der Waals surface area contributed by atoms with Gasteiger partial charge in [0.05, 0.1) is 34.1 Å². The van der Waals surface area contributed by atoms with E-state index in [1.165, 1.54) is 0 Å². The van der Waals surface area contributed by atoms with Gasteiger partial charge in [-0.3, -0.25) is 9.59 Å². The average molecular weight is 390 g/mol. The molecule has 1 saturated heterocycles. The number of benzene rings is 2. The minimum absolute atomic E-state index is 0.0216. The number of piperidine rings is 1. The normalized spacial score (nSPS) is 17.8. The number of Topliss-reactive ketones (excluding diaryl/α,β-unsaturated/α-hetero) is 1. The lowest BCUT2D eigenvalue weighted by atomic mass is 9.94. The van der Waals surface area contributed by atoms with Gasteiger partial charge in [0.2, 0.25) is 5.91 Å². The Labute approximate surface area is 173 Å². The van der Waals surface area contributed by atoms with Crippen LogP contribution >= 0.6 is 0 Å². The maximum Gasteiger partial charge on any atom is 0.228 e. The van der Waals surface area contributed by atoms with Crippen LogP contribution in [0.5, 0.6) is 0 Å². The number of quaternary nitrogens is 1. The van der Waals surface area contributed by atoms with Crippen LogP contribution in [-0.2, 0) is 9.59 Å². The molecule has 29 heavy (non-hydrogen) atoms. The molecule has 0 radical (unpaired) electrons. The van der Waals surface area contributed by atoms with Gasteiger partial charge in [0.1, 0.15) is 0 Å². The standard InChI is InChI=1S/C25H29N2O2/c1-27(2,3)15-14-24(28)26-18-22(16-20-10-6-4-7-11-20)25(29)23(19-26)17-21-12-8-5-9-13-21/h4-13,16-17H,14-15,18-19H2,1-3H3/q+1/b22-16-,23-17+. The summed E-state index contributed by atoms with van der Waals surface area (Å²) in [6, 6.07) is 19.6. The van der Waals surface area contributed by atoms with Crippen molar-refractivity contribution in [3.63, 3.8) is 0 Å². The van der Waals surface area contributed by atoms with Crippen molar-refractivity contribution in [1.82, 2.24) is 4.90 Å². The Kier molecular flexibility index (Phi) is 6.45. The van der Waals surface area contributed by atoms with Gasteiger partial charge in [-0.2, -0.15) is 0 Å². The third-order valence-corrected chi connectivity index (χ3v) is 4.94. The molecule has 0 aromatic heterocycles. The van der Waals surface area contributed by atoms with E-state index in [1.807, 2.05) is 72.8 Å². The van der Waals surface area contributed by atoms with Crippen molar-refractivity contribution in [2.75, 3.05) is 40.8 Å². The van der Waals surface area contributed by atoms with E-state index in [2.05, 4.69) is 21.1 Å². The summed E-state index contributed by atoms with van der Waals surface area (Å²) < 4.78 is 0.734. The van der Waals surface area contributed by atoms with Gasteiger partial charge in [-0.05, 0) is 23.3 Å². The van der Waals surface area contributed by atoms with Gasteiger partial charge in [0, 0.05) is 24.2 Å². The molecule has 2 aromatic rings. The number of carbonyl (C=O) groups excluding carboxylic acids is 2. The summed E-state index contributed by atoms with van der Waals surface area (Å²) in [5.41, 5.74) is 3.25. The molecule has 1 aliphatic rings. The number of hydrogen-bond acceptors (Lipinski definition) is 2. The number of nitrogens with zero attached hydrogens (tertiary/aromatic N) is 2. The number of likely N-dealkylation sites (tertiary alicyclic amines) is 1. The molecular formula is C25H29N2O2+. The monoisotopic (exact) mass is 389 g/mol. The number of rotatable bonds is 5. The van der Waals surface area contributed by atoms with Gasteiger partial charge in [-0.15, -0.1) is 0 Å². The minimum atomic E-state index is 0.0216. The van der Waals surface area contributed by atoms with Crippen LogP contribution in [0.3, 0.4) is 0 Å². The summed E-state index contributed by atoms with van der Waals surface area (Å²) in [5, 5.41) is 0. The smallest absolute Gasteiger partial charge is 0.228 e. The molecule has 0 atom stereocenters. The summed E-state index contributed by atoms with van der Waals surface area (Å²) in [5.74, 6) is 0.108. The average Bonchev–Trinajstić information content (AvgIpc) is 2.70. The zero-order chi connectivity index (χ0) is 20.9. The Morgan fingerprint density at radius 2 is 1.31 bits per heavy atom. The van der Waals surface area contributed by atoms with Crippen molar-refractivity contribution >= 4 is 23.8 Å². The SMILES string of the molecule is C[N+](C)(C)CCC(=O)N1C/C(=C/c2ccccc2)C(=O)/C(=C/c2ccccc2)C1. The van der Waals surface area contributed by atoms with Gasteiger partial charge in [-0.25, -0.2) is 0 Å². The first-order valence-corrected chi connectivity index (χ1v) is 9.96. The summed E-state index contributed by atoms with van der Waals surface area (Å²) in [6.07, 6.45) is 4.27. The maximum atomic E-state index is 13.1. The van der Waals surface area contributed by atoms with Crippen molar-refractivity contribution in [1.29, 1.82) is 0 Å². The van der Waals surface area contributed by atoms with Gasteiger partial charge in [0.15, 0.2) is 5.78 Å². The predicted octanol–water partition coefficient (Wildman–Crippen LogP) is 3.66. The maximum absolute atomic E-state index is 13.1. The molecule has 0 saturated carbocycles. The van der Waals surface area contributed by atoms with Crippen LogP contribution in [0, 0.1) is 0 Å². The van der Waals surface area contributed by atoms with Gasteiger partial charge < -0.3 is 9.38 Å². The second-order valence-corrected chi connectivity index (χ2v) is 8.50. The Morgan fingerprint density at radius 1 is 0.862 bits per heavy atom. The quantitative estimate of drug-likeness (QED) is 0.578. The highest BCUT2D eigenvalue weighted by molar-refractivity contribution is 6.15. The summed E-state index contributed by atoms with van der Waals surface area (Å²) in [4.78, 5) is 27.8. The van der Waals surface area contributed by atoms with E-state index >= 15 is 0 Å². The molecule has 1 aliphatic heterocycles. The van der Waals surface area contributed by atoms with Gasteiger partial charge in [-0.1, -0.05) is 60.7 Å². The number of amides is 1. The van der Waals surface area contributed by atoms with Crippen LogP contribution in [0.15, 0.2) is 71.8 Å². The van der Waals surface area contributed by atoms with Crippen molar-refractivity contribution in [2.24, 2.45) is 0 Å². The van der Waals surface area contributed by atoms with Crippen molar-refractivity contribution in [3.8, 4) is 0 Å². The van der Waals surface area contributed by atoms with Crippen LogP contribution < -0.4 is 0 Å². The minimum Gasteiger partial charge on any atom is -0.334 e. The van der Waals surface area contributed by atoms with Crippen molar-refractivity contribution < 1.29 is 14.1 Å². The van der Waals surface area contributed by atoms with Gasteiger partial charge in [0.25, 0.3) is 0 Å². The molecule has 0 aliphatic carbocycles. The second-order valence-electron chi connectivity index (χ2n) is 8.50. The van der Waals surface area contributed by atoms with Crippen LogP contribution in [0.25, 0.3) is 12.2 Å². The highest BCUT2D eigenvalue weighted by atomic mass is 16.2. The first-order valence-electron chi connectivity index (χ1n) is 9.96. The van der Waals surface area contributed by atoms with Crippen LogP contribution in [-0.4, -0.2) is 61.9 Å². The lowest BCUT2D eigenvalue weighted by Gasteiger charge is -2.31. The molecule has 1 heterocycles. The third-order valence-electron chi connectivity index (χ3n) is 4.94. The zero-order valence-electron chi connectivity index (χ0n) is 17.5. The van der Waals surface area contributed by atoms with E-state index < -0.39 is 0 Å². The van der Waals surface area contributed by atoms with E-state index in [9.17, 15) is 9.59 Å². The molecule has 0 spiro atoms. The molecule has 150 valence electrons. The molecule has 1 fully saturated rings. The molecule has 2 aromatic carbocycles. The molecule has 4 heteroatoms. The van der Waals surface area contributed by atoms with Crippen LogP contribution in [0.4, 0.5) is 0 Å². The van der Waals surface area contributed by atoms with Crippen LogP contribution in [0.1, 0.15) is 17.5 Å². The van der Waals surface area contributed by atoms with Crippen molar-refractivity contribution in [2.45, 2.75) is 6.42 Å². The highest BCUT2D eigenvalue weighted by Gasteiger charge is 2.29. The topological polar surface area (TPSA) is 37.4 Å². The Bertz CT molecular complexity index is 861. The third kappa shape index (κ3) is 6.00. The number of ketones is 1. The molecule has 1 amide bonds.